The van der Waals surface area contributed by atoms with E-state index in [1.807, 2.05) is 24.3 Å². The van der Waals surface area contributed by atoms with Crippen LogP contribution in [0.1, 0.15) is 6.42 Å². The zero-order valence-electron chi connectivity index (χ0n) is 14.9. The lowest BCUT2D eigenvalue weighted by molar-refractivity contribution is 0.215. The molecule has 0 unspecified atom stereocenters. The highest BCUT2D eigenvalue weighted by molar-refractivity contribution is 5.88. The maximum atomic E-state index is 12.5. The summed E-state index contributed by atoms with van der Waals surface area (Å²) in [6.45, 7) is 2.56. The van der Waals surface area contributed by atoms with Crippen LogP contribution in [0.15, 0.2) is 36.5 Å². The number of hydrogen-bond donors (Lipinski definition) is 1. The Labute approximate surface area is 152 Å². The number of aromatic nitrogens is 2. The van der Waals surface area contributed by atoms with E-state index in [1.165, 1.54) is 4.68 Å². The van der Waals surface area contributed by atoms with Crippen LogP contribution in [0, 0.1) is 0 Å². The van der Waals surface area contributed by atoms with Crippen molar-refractivity contribution in [3.63, 3.8) is 0 Å². The molecule has 1 aliphatic rings. The third-order valence-electron chi connectivity index (χ3n) is 4.40. The van der Waals surface area contributed by atoms with Crippen LogP contribution in [0.4, 0.5) is 20.7 Å². The van der Waals surface area contributed by atoms with Crippen LogP contribution < -0.4 is 15.0 Å². The van der Waals surface area contributed by atoms with Crippen LogP contribution >= 0.6 is 0 Å². The molecule has 8 heteroatoms. The van der Waals surface area contributed by atoms with E-state index in [0.29, 0.717) is 18.9 Å². The second kappa shape index (κ2) is 8.55. The van der Waals surface area contributed by atoms with Gasteiger partial charge in [-0.25, -0.2) is 9.18 Å². The van der Waals surface area contributed by atoms with Gasteiger partial charge in [-0.15, -0.1) is 0 Å². The van der Waals surface area contributed by atoms with Crippen LogP contribution in [-0.2, 0) is 6.54 Å². The zero-order chi connectivity index (χ0) is 18.4. The molecule has 0 spiro atoms. The molecule has 7 nitrogen and oxygen atoms in total. The molecule has 1 aliphatic heterocycles. The summed E-state index contributed by atoms with van der Waals surface area (Å²) >= 11 is 0. The van der Waals surface area contributed by atoms with E-state index in [0.717, 1.165) is 30.9 Å². The number of para-hydroxylation sites is 2. The maximum Gasteiger partial charge on any atom is 0.323 e. The average Bonchev–Trinajstić information content (AvgIpc) is 2.94. The van der Waals surface area contributed by atoms with Gasteiger partial charge >= 0.3 is 6.03 Å². The molecule has 3 rings (SSSR count). The molecule has 1 fully saturated rings. The van der Waals surface area contributed by atoms with Gasteiger partial charge in [0.25, 0.3) is 0 Å². The minimum atomic E-state index is -0.486. The van der Waals surface area contributed by atoms with Crippen molar-refractivity contribution in [1.82, 2.24) is 14.7 Å². The van der Waals surface area contributed by atoms with Crippen molar-refractivity contribution in [1.29, 1.82) is 0 Å². The fraction of sp³-hybridized carbons (Fsp3) is 0.444. The van der Waals surface area contributed by atoms with Gasteiger partial charge in [0, 0.05) is 38.4 Å². The largest absolute Gasteiger partial charge is 0.495 e. The number of anilines is 2. The van der Waals surface area contributed by atoms with E-state index in [-0.39, 0.29) is 12.6 Å². The number of urea groups is 1. The molecule has 1 aromatic heterocycles. The van der Waals surface area contributed by atoms with Crippen molar-refractivity contribution < 1.29 is 13.9 Å². The fourth-order valence-corrected chi connectivity index (χ4v) is 3.08. The van der Waals surface area contributed by atoms with E-state index >= 15 is 0 Å². The van der Waals surface area contributed by atoms with Gasteiger partial charge in [0.2, 0.25) is 0 Å². The standard InChI is InChI=1S/C18H24FN5O2/c1-26-16-6-3-2-5-15(16)22-9-4-10-23(14-13-22)18(25)20-17-7-11-24(21-17)12-8-19/h2-3,5-7,11H,4,8-10,12-14H2,1H3,(H,20,21,25). The molecule has 1 aromatic carbocycles. The summed E-state index contributed by atoms with van der Waals surface area (Å²) in [7, 11) is 1.67. The van der Waals surface area contributed by atoms with Gasteiger partial charge in [0.15, 0.2) is 5.82 Å². The Balaban J connectivity index is 1.59. The van der Waals surface area contributed by atoms with Crippen molar-refractivity contribution in [3.8, 4) is 5.75 Å². The van der Waals surface area contributed by atoms with E-state index in [2.05, 4.69) is 15.3 Å². The first-order valence-corrected chi connectivity index (χ1v) is 8.74. The normalized spacial score (nSPS) is 14.8. The van der Waals surface area contributed by atoms with E-state index < -0.39 is 6.67 Å². The second-order valence-electron chi connectivity index (χ2n) is 6.08. The summed E-state index contributed by atoms with van der Waals surface area (Å²) in [5.74, 6) is 1.28. The lowest BCUT2D eigenvalue weighted by Crippen LogP contribution is -2.38. The van der Waals surface area contributed by atoms with Crippen molar-refractivity contribution in [2.24, 2.45) is 0 Å². The minimum Gasteiger partial charge on any atom is -0.495 e. The first-order valence-electron chi connectivity index (χ1n) is 8.74. The molecule has 0 radical (unpaired) electrons. The number of rotatable bonds is 5. The lowest BCUT2D eigenvalue weighted by Gasteiger charge is -2.25. The van der Waals surface area contributed by atoms with E-state index in [4.69, 9.17) is 4.74 Å². The lowest BCUT2D eigenvalue weighted by atomic mass is 10.2. The van der Waals surface area contributed by atoms with E-state index in [9.17, 15) is 9.18 Å². The molecular formula is C18H24FN5O2. The Morgan fingerprint density at radius 2 is 2.08 bits per heavy atom. The molecule has 26 heavy (non-hydrogen) atoms. The number of nitrogens with zero attached hydrogens (tertiary/aromatic N) is 4. The number of amides is 2. The number of carbonyl (C=O) groups is 1. The monoisotopic (exact) mass is 361 g/mol. The second-order valence-corrected chi connectivity index (χ2v) is 6.08. The maximum absolute atomic E-state index is 12.5. The van der Waals surface area contributed by atoms with Crippen LogP contribution in [0.2, 0.25) is 0 Å². The first kappa shape index (κ1) is 18.0. The van der Waals surface area contributed by atoms with Crippen molar-refractivity contribution >= 4 is 17.5 Å². The van der Waals surface area contributed by atoms with Crippen LogP contribution in [-0.4, -0.2) is 60.7 Å². The summed E-state index contributed by atoms with van der Waals surface area (Å²) in [5, 5.41) is 6.92. The third kappa shape index (κ3) is 4.25. The van der Waals surface area contributed by atoms with Gasteiger partial charge in [-0.3, -0.25) is 10.00 Å². The smallest absolute Gasteiger partial charge is 0.323 e. The number of carbonyl (C=O) groups excluding carboxylic acids is 1. The highest BCUT2D eigenvalue weighted by atomic mass is 19.1. The highest BCUT2D eigenvalue weighted by Crippen LogP contribution is 2.28. The molecule has 0 aliphatic carbocycles. The third-order valence-corrected chi connectivity index (χ3v) is 4.40. The topological polar surface area (TPSA) is 62.6 Å². The summed E-state index contributed by atoms with van der Waals surface area (Å²) in [4.78, 5) is 16.5. The van der Waals surface area contributed by atoms with Crippen LogP contribution in [0.5, 0.6) is 5.75 Å². The van der Waals surface area contributed by atoms with Gasteiger partial charge in [-0.05, 0) is 18.6 Å². The summed E-state index contributed by atoms with van der Waals surface area (Å²) in [6, 6.07) is 9.40. The number of methoxy groups -OCH3 is 1. The van der Waals surface area contributed by atoms with Gasteiger partial charge in [-0.2, -0.15) is 5.10 Å². The fourth-order valence-electron chi connectivity index (χ4n) is 3.08. The molecule has 1 saturated heterocycles. The molecule has 2 aromatic rings. The quantitative estimate of drug-likeness (QED) is 0.889. The zero-order valence-corrected chi connectivity index (χ0v) is 14.9. The Morgan fingerprint density at radius 3 is 2.88 bits per heavy atom. The number of ether oxygens (including phenoxy) is 1. The molecule has 2 amide bonds. The SMILES string of the molecule is COc1ccccc1N1CCCN(C(=O)Nc2ccn(CCF)n2)CC1. The molecule has 0 saturated carbocycles. The number of alkyl halides is 1. The van der Waals surface area contributed by atoms with E-state index in [1.54, 1.807) is 24.3 Å². The van der Waals surface area contributed by atoms with Gasteiger partial charge < -0.3 is 14.5 Å². The summed E-state index contributed by atoms with van der Waals surface area (Å²) in [6.07, 6.45) is 2.52. The van der Waals surface area contributed by atoms with Gasteiger partial charge in [0.05, 0.1) is 19.3 Å². The van der Waals surface area contributed by atoms with Crippen LogP contribution in [0.25, 0.3) is 0 Å². The average molecular weight is 361 g/mol. The number of aryl methyl sites for hydroxylation is 1. The molecule has 0 bridgehead atoms. The Morgan fingerprint density at radius 1 is 1.23 bits per heavy atom. The van der Waals surface area contributed by atoms with Crippen molar-refractivity contribution in [3.05, 3.63) is 36.5 Å². The highest BCUT2D eigenvalue weighted by Gasteiger charge is 2.21. The molecule has 2 heterocycles. The summed E-state index contributed by atoms with van der Waals surface area (Å²) in [5.41, 5.74) is 1.04. The van der Waals surface area contributed by atoms with Gasteiger partial charge in [-0.1, -0.05) is 12.1 Å². The number of benzene rings is 1. The predicted molar refractivity (Wildman–Crippen MR) is 98.6 cm³/mol. The van der Waals surface area contributed by atoms with Crippen LogP contribution in [0.3, 0.4) is 0 Å². The number of hydrogen-bond acceptors (Lipinski definition) is 4. The van der Waals surface area contributed by atoms with Crippen molar-refractivity contribution in [2.75, 3.05) is 50.2 Å². The van der Waals surface area contributed by atoms with Crippen molar-refractivity contribution in [2.45, 2.75) is 13.0 Å². The number of nitrogens with one attached hydrogen (secondary N) is 1. The molecule has 140 valence electrons. The molecular weight excluding hydrogens is 337 g/mol. The minimum absolute atomic E-state index is 0.183. The Kier molecular flexibility index (Phi) is 5.93. The first-order chi connectivity index (χ1) is 12.7. The Bertz CT molecular complexity index is 736. The Hall–Kier alpha value is -2.77. The molecule has 0 atom stereocenters. The predicted octanol–water partition coefficient (Wildman–Crippen LogP) is 2.61. The number of halogens is 1. The van der Waals surface area contributed by atoms with Gasteiger partial charge in [0.1, 0.15) is 12.4 Å². The summed E-state index contributed by atoms with van der Waals surface area (Å²) < 4.78 is 19.3. The molecule has 1 N–H and O–H groups in total.